The first kappa shape index (κ1) is 15.9. The molecule has 0 saturated heterocycles. The maximum Gasteiger partial charge on any atom is 0.215 e. The predicted molar refractivity (Wildman–Crippen MR) is 69.0 cm³/mol. The van der Waals surface area contributed by atoms with E-state index in [1.807, 2.05) is 0 Å². The summed E-state index contributed by atoms with van der Waals surface area (Å²) in [5.74, 6) is 0.734. The molecule has 0 amide bonds. The number of sulfonamides is 1. The molecule has 0 fully saturated rings. The Bertz CT molecular complexity index is 263. The van der Waals surface area contributed by atoms with Crippen molar-refractivity contribution in [1.29, 1.82) is 0 Å². The van der Waals surface area contributed by atoms with Crippen LogP contribution >= 0.6 is 0 Å². The summed E-state index contributed by atoms with van der Waals surface area (Å²) in [6.07, 6.45) is 1.95. The van der Waals surface area contributed by atoms with E-state index in [0.29, 0.717) is 19.0 Å². The van der Waals surface area contributed by atoms with E-state index in [9.17, 15) is 8.42 Å². The molecule has 4 nitrogen and oxygen atoms in total. The van der Waals surface area contributed by atoms with Crippen molar-refractivity contribution in [2.45, 2.75) is 33.6 Å². The molecule has 16 heavy (non-hydrogen) atoms. The summed E-state index contributed by atoms with van der Waals surface area (Å²) < 4.78 is 25.1. The molecule has 0 aliphatic heterocycles. The van der Waals surface area contributed by atoms with Crippen molar-refractivity contribution < 1.29 is 8.42 Å². The van der Waals surface area contributed by atoms with Gasteiger partial charge in [0.2, 0.25) is 10.0 Å². The fraction of sp³-hybridized carbons (Fsp3) is 1.00. The fourth-order valence-corrected chi connectivity index (χ4v) is 2.34. The van der Waals surface area contributed by atoms with Gasteiger partial charge in [0.25, 0.3) is 0 Å². The lowest BCUT2D eigenvalue weighted by Gasteiger charge is -2.18. The standard InChI is InChI=1S/C11H26N2O2S/c1-5-7-12-8-10-16(14,15)13(4)9-6-11(2)3/h11-12H,5-10H2,1-4H3. The van der Waals surface area contributed by atoms with Crippen molar-refractivity contribution in [3.05, 3.63) is 0 Å². The van der Waals surface area contributed by atoms with Gasteiger partial charge in [0.1, 0.15) is 0 Å². The van der Waals surface area contributed by atoms with E-state index in [2.05, 4.69) is 26.1 Å². The summed E-state index contributed by atoms with van der Waals surface area (Å²) >= 11 is 0. The zero-order valence-electron chi connectivity index (χ0n) is 11.0. The van der Waals surface area contributed by atoms with E-state index in [-0.39, 0.29) is 5.75 Å². The van der Waals surface area contributed by atoms with Crippen LogP contribution in [0.2, 0.25) is 0 Å². The molecule has 0 aliphatic rings. The summed E-state index contributed by atoms with van der Waals surface area (Å²) in [4.78, 5) is 0. The minimum Gasteiger partial charge on any atom is -0.316 e. The Balaban J connectivity index is 3.91. The van der Waals surface area contributed by atoms with E-state index in [1.54, 1.807) is 7.05 Å². The fourth-order valence-electron chi connectivity index (χ4n) is 1.24. The second-order valence-electron chi connectivity index (χ2n) is 4.57. The van der Waals surface area contributed by atoms with Crippen LogP contribution in [0.1, 0.15) is 33.6 Å². The lowest BCUT2D eigenvalue weighted by atomic mass is 10.1. The zero-order valence-corrected chi connectivity index (χ0v) is 11.8. The Morgan fingerprint density at radius 3 is 2.38 bits per heavy atom. The molecule has 0 saturated carbocycles. The van der Waals surface area contributed by atoms with E-state index in [4.69, 9.17) is 0 Å². The third kappa shape index (κ3) is 7.19. The van der Waals surface area contributed by atoms with E-state index < -0.39 is 10.0 Å². The van der Waals surface area contributed by atoms with Crippen molar-refractivity contribution in [3.63, 3.8) is 0 Å². The molecular formula is C11H26N2O2S. The van der Waals surface area contributed by atoms with Gasteiger partial charge in [-0.05, 0) is 25.3 Å². The van der Waals surface area contributed by atoms with E-state index in [0.717, 1.165) is 19.4 Å². The van der Waals surface area contributed by atoms with Gasteiger partial charge >= 0.3 is 0 Å². The van der Waals surface area contributed by atoms with Gasteiger partial charge in [-0.25, -0.2) is 12.7 Å². The molecule has 0 atom stereocenters. The van der Waals surface area contributed by atoms with Crippen LogP contribution in [0.15, 0.2) is 0 Å². The highest BCUT2D eigenvalue weighted by Gasteiger charge is 2.16. The number of hydrogen-bond donors (Lipinski definition) is 1. The second kappa shape index (κ2) is 8.03. The summed E-state index contributed by atoms with van der Waals surface area (Å²) in [5, 5.41) is 3.11. The lowest BCUT2D eigenvalue weighted by Crippen LogP contribution is -2.34. The number of nitrogens with zero attached hydrogens (tertiary/aromatic N) is 1. The Morgan fingerprint density at radius 2 is 1.88 bits per heavy atom. The first-order valence-corrected chi connectivity index (χ1v) is 7.65. The highest BCUT2D eigenvalue weighted by atomic mass is 32.2. The molecule has 0 aromatic heterocycles. The Kier molecular flexibility index (Phi) is 7.97. The molecule has 0 rings (SSSR count). The van der Waals surface area contributed by atoms with Crippen molar-refractivity contribution in [3.8, 4) is 0 Å². The molecule has 0 spiro atoms. The van der Waals surface area contributed by atoms with Crippen LogP contribution in [-0.2, 0) is 10.0 Å². The average Bonchev–Trinajstić information content (AvgIpc) is 2.20. The van der Waals surface area contributed by atoms with Gasteiger partial charge in [0, 0.05) is 20.1 Å². The summed E-state index contributed by atoms with van der Waals surface area (Å²) in [6.45, 7) is 8.31. The van der Waals surface area contributed by atoms with E-state index in [1.165, 1.54) is 4.31 Å². The van der Waals surface area contributed by atoms with Crippen molar-refractivity contribution >= 4 is 10.0 Å². The molecule has 98 valence electrons. The third-order valence-corrected chi connectivity index (χ3v) is 4.31. The van der Waals surface area contributed by atoms with Gasteiger partial charge < -0.3 is 5.32 Å². The SMILES string of the molecule is CCCNCCS(=O)(=O)N(C)CCC(C)C. The van der Waals surface area contributed by atoms with Crippen LogP contribution in [-0.4, -0.2) is 45.2 Å². The topological polar surface area (TPSA) is 49.4 Å². The van der Waals surface area contributed by atoms with Crippen LogP contribution in [0.3, 0.4) is 0 Å². The Morgan fingerprint density at radius 1 is 1.25 bits per heavy atom. The predicted octanol–water partition coefficient (Wildman–Crippen LogP) is 1.29. The summed E-state index contributed by atoms with van der Waals surface area (Å²) in [5.41, 5.74) is 0. The maximum absolute atomic E-state index is 11.8. The largest absolute Gasteiger partial charge is 0.316 e. The number of hydrogen-bond acceptors (Lipinski definition) is 3. The van der Waals surface area contributed by atoms with Gasteiger partial charge in [0.15, 0.2) is 0 Å². The molecular weight excluding hydrogens is 224 g/mol. The second-order valence-corrected chi connectivity index (χ2v) is 6.77. The van der Waals surface area contributed by atoms with Gasteiger partial charge in [-0.15, -0.1) is 0 Å². The first-order chi connectivity index (χ1) is 7.40. The number of nitrogens with one attached hydrogen (secondary N) is 1. The van der Waals surface area contributed by atoms with Crippen LogP contribution in [0.25, 0.3) is 0 Å². The quantitative estimate of drug-likeness (QED) is 0.627. The van der Waals surface area contributed by atoms with Crippen molar-refractivity contribution in [2.75, 3.05) is 32.4 Å². The van der Waals surface area contributed by atoms with Crippen LogP contribution < -0.4 is 5.32 Å². The average molecular weight is 250 g/mol. The number of rotatable bonds is 9. The van der Waals surface area contributed by atoms with Crippen molar-refractivity contribution in [2.24, 2.45) is 5.92 Å². The van der Waals surface area contributed by atoms with Crippen LogP contribution in [0.4, 0.5) is 0 Å². The van der Waals surface area contributed by atoms with Gasteiger partial charge in [-0.3, -0.25) is 0 Å². The molecule has 1 N–H and O–H groups in total. The smallest absolute Gasteiger partial charge is 0.215 e. The highest BCUT2D eigenvalue weighted by Crippen LogP contribution is 2.04. The molecule has 0 aromatic rings. The highest BCUT2D eigenvalue weighted by molar-refractivity contribution is 7.89. The molecule has 0 heterocycles. The molecule has 0 unspecified atom stereocenters. The minimum atomic E-state index is -3.07. The third-order valence-electron chi connectivity index (χ3n) is 2.46. The molecule has 0 bridgehead atoms. The summed E-state index contributed by atoms with van der Waals surface area (Å²) in [7, 11) is -1.40. The Hall–Kier alpha value is -0.130. The monoisotopic (exact) mass is 250 g/mol. The van der Waals surface area contributed by atoms with Gasteiger partial charge in [-0.2, -0.15) is 0 Å². The molecule has 0 radical (unpaired) electrons. The van der Waals surface area contributed by atoms with E-state index >= 15 is 0 Å². The molecule has 0 aliphatic carbocycles. The van der Waals surface area contributed by atoms with Crippen LogP contribution in [0.5, 0.6) is 0 Å². The minimum absolute atomic E-state index is 0.196. The molecule has 5 heteroatoms. The maximum atomic E-state index is 11.8. The zero-order chi connectivity index (χ0) is 12.6. The van der Waals surface area contributed by atoms with Crippen LogP contribution in [0, 0.1) is 5.92 Å². The molecule has 0 aromatic carbocycles. The van der Waals surface area contributed by atoms with Crippen molar-refractivity contribution in [1.82, 2.24) is 9.62 Å². The summed E-state index contributed by atoms with van der Waals surface area (Å²) in [6, 6.07) is 0. The van der Waals surface area contributed by atoms with Gasteiger partial charge in [-0.1, -0.05) is 20.8 Å². The normalized spacial score (nSPS) is 12.6. The lowest BCUT2D eigenvalue weighted by molar-refractivity contribution is 0.427. The Labute approximate surface area is 100 Å². The van der Waals surface area contributed by atoms with Gasteiger partial charge in [0.05, 0.1) is 5.75 Å². The first-order valence-electron chi connectivity index (χ1n) is 6.05.